The van der Waals surface area contributed by atoms with Crippen molar-refractivity contribution in [2.24, 2.45) is 5.73 Å². The molecular weight excluding hydrogens is 185 g/mol. The molecule has 1 amide bonds. The van der Waals surface area contributed by atoms with Crippen molar-refractivity contribution in [2.45, 2.75) is 6.42 Å². The average molecular weight is 197 g/mol. The minimum atomic E-state index is -0.411. The number of carbonyl (C=O) groups excluding carboxylic acids is 1. The molecule has 0 radical (unpaired) electrons. The Bertz CT molecular complexity index is 321. The van der Waals surface area contributed by atoms with Crippen LogP contribution in [-0.4, -0.2) is 12.5 Å². The Hall–Kier alpha value is -1.78. The summed E-state index contributed by atoms with van der Waals surface area (Å²) in [6.07, 6.45) is 0.205. The molecule has 0 spiro atoms. The Morgan fingerprint density at radius 1 is 1.43 bits per heavy atom. The SMILES string of the molecule is NC(=O)CCNc1cc(N)cc(F)c1. The molecule has 4 nitrogen and oxygen atoms in total. The second kappa shape index (κ2) is 4.45. The van der Waals surface area contributed by atoms with Gasteiger partial charge in [-0.3, -0.25) is 4.79 Å². The summed E-state index contributed by atoms with van der Waals surface area (Å²) in [5, 5.41) is 2.84. The predicted molar refractivity (Wildman–Crippen MR) is 53.1 cm³/mol. The van der Waals surface area contributed by atoms with Crippen LogP contribution in [0, 0.1) is 5.82 Å². The van der Waals surface area contributed by atoms with Crippen molar-refractivity contribution in [3.05, 3.63) is 24.0 Å². The third-order valence-electron chi connectivity index (χ3n) is 1.62. The summed E-state index contributed by atoms with van der Waals surface area (Å²) in [6.45, 7) is 0.373. The maximum Gasteiger partial charge on any atom is 0.219 e. The lowest BCUT2D eigenvalue weighted by molar-refractivity contribution is -0.117. The lowest BCUT2D eigenvalue weighted by Gasteiger charge is -2.05. The van der Waals surface area contributed by atoms with Crippen LogP contribution in [0.2, 0.25) is 0 Å². The number of amides is 1. The number of rotatable bonds is 4. The number of primary amides is 1. The molecule has 0 heterocycles. The molecule has 0 aliphatic heterocycles. The van der Waals surface area contributed by atoms with E-state index in [-0.39, 0.29) is 6.42 Å². The number of benzene rings is 1. The van der Waals surface area contributed by atoms with Gasteiger partial charge in [0.2, 0.25) is 5.91 Å². The van der Waals surface area contributed by atoms with Crippen molar-refractivity contribution in [2.75, 3.05) is 17.6 Å². The summed E-state index contributed by atoms with van der Waals surface area (Å²) in [4.78, 5) is 10.4. The number of anilines is 2. The fourth-order valence-electron chi connectivity index (χ4n) is 1.04. The molecule has 0 aromatic heterocycles. The number of carbonyl (C=O) groups is 1. The fraction of sp³-hybridized carbons (Fsp3) is 0.222. The maximum atomic E-state index is 12.8. The van der Waals surface area contributed by atoms with Gasteiger partial charge in [0.05, 0.1) is 0 Å². The molecule has 5 N–H and O–H groups in total. The zero-order chi connectivity index (χ0) is 10.6. The van der Waals surface area contributed by atoms with Crippen molar-refractivity contribution in [1.29, 1.82) is 0 Å². The number of hydrogen-bond donors (Lipinski definition) is 3. The Morgan fingerprint density at radius 2 is 2.14 bits per heavy atom. The highest BCUT2D eigenvalue weighted by molar-refractivity contribution is 5.74. The van der Waals surface area contributed by atoms with E-state index in [1.54, 1.807) is 6.07 Å². The van der Waals surface area contributed by atoms with Gasteiger partial charge >= 0.3 is 0 Å². The van der Waals surface area contributed by atoms with E-state index in [0.717, 1.165) is 0 Å². The van der Waals surface area contributed by atoms with Gasteiger partial charge in [0.25, 0.3) is 0 Å². The van der Waals surface area contributed by atoms with Gasteiger partial charge < -0.3 is 16.8 Å². The molecule has 1 aromatic carbocycles. The van der Waals surface area contributed by atoms with Crippen molar-refractivity contribution < 1.29 is 9.18 Å². The van der Waals surface area contributed by atoms with E-state index >= 15 is 0 Å². The zero-order valence-electron chi connectivity index (χ0n) is 7.59. The molecule has 5 heteroatoms. The second-order valence-electron chi connectivity index (χ2n) is 2.92. The van der Waals surface area contributed by atoms with Gasteiger partial charge in [-0.25, -0.2) is 4.39 Å². The van der Waals surface area contributed by atoms with Crippen LogP contribution in [0.3, 0.4) is 0 Å². The van der Waals surface area contributed by atoms with Crippen molar-refractivity contribution in [1.82, 2.24) is 0 Å². The zero-order valence-corrected chi connectivity index (χ0v) is 7.59. The third kappa shape index (κ3) is 3.30. The molecule has 0 aliphatic carbocycles. The van der Waals surface area contributed by atoms with Crippen LogP contribution >= 0.6 is 0 Å². The van der Waals surface area contributed by atoms with Gasteiger partial charge in [0.15, 0.2) is 0 Å². The smallest absolute Gasteiger partial charge is 0.219 e. The topological polar surface area (TPSA) is 81.1 Å². The molecule has 0 bridgehead atoms. The summed E-state index contributed by atoms with van der Waals surface area (Å²) in [7, 11) is 0. The summed E-state index contributed by atoms with van der Waals surface area (Å²) >= 11 is 0. The van der Waals surface area contributed by atoms with Crippen molar-refractivity contribution in [3.8, 4) is 0 Å². The maximum absolute atomic E-state index is 12.8. The first-order valence-electron chi connectivity index (χ1n) is 4.16. The number of halogens is 1. The normalized spacial score (nSPS) is 9.79. The number of nitrogens with one attached hydrogen (secondary N) is 1. The number of nitrogens with two attached hydrogens (primary N) is 2. The van der Waals surface area contributed by atoms with E-state index < -0.39 is 11.7 Å². The first-order valence-corrected chi connectivity index (χ1v) is 4.16. The minimum Gasteiger partial charge on any atom is -0.399 e. The molecule has 0 aliphatic rings. The van der Waals surface area contributed by atoms with Crippen LogP contribution in [0.15, 0.2) is 18.2 Å². The highest BCUT2D eigenvalue weighted by atomic mass is 19.1. The van der Waals surface area contributed by atoms with Crippen LogP contribution in [0.4, 0.5) is 15.8 Å². The van der Waals surface area contributed by atoms with Gasteiger partial charge in [-0.15, -0.1) is 0 Å². The molecule has 0 atom stereocenters. The average Bonchev–Trinajstić information content (AvgIpc) is 2.01. The van der Waals surface area contributed by atoms with Crippen molar-refractivity contribution in [3.63, 3.8) is 0 Å². The second-order valence-corrected chi connectivity index (χ2v) is 2.92. The minimum absolute atomic E-state index is 0.205. The molecule has 0 saturated heterocycles. The fourth-order valence-corrected chi connectivity index (χ4v) is 1.04. The number of hydrogen-bond acceptors (Lipinski definition) is 3. The van der Waals surface area contributed by atoms with E-state index in [9.17, 15) is 9.18 Å². The van der Waals surface area contributed by atoms with Crippen LogP contribution in [-0.2, 0) is 4.79 Å². The molecule has 76 valence electrons. The first-order chi connectivity index (χ1) is 6.58. The molecule has 1 aromatic rings. The van der Waals surface area contributed by atoms with Gasteiger partial charge in [0.1, 0.15) is 5.82 Å². The van der Waals surface area contributed by atoms with Gasteiger partial charge in [-0.1, -0.05) is 0 Å². The molecule has 14 heavy (non-hydrogen) atoms. The lowest BCUT2D eigenvalue weighted by atomic mass is 10.2. The molecule has 0 unspecified atom stereocenters. The Morgan fingerprint density at radius 3 is 2.71 bits per heavy atom. The number of nitrogen functional groups attached to an aromatic ring is 1. The highest BCUT2D eigenvalue weighted by Gasteiger charge is 1.98. The monoisotopic (exact) mass is 197 g/mol. The Labute approximate surface area is 81.1 Å². The van der Waals surface area contributed by atoms with Gasteiger partial charge in [0, 0.05) is 24.3 Å². The molecular formula is C9H12FN3O. The van der Waals surface area contributed by atoms with Gasteiger partial charge in [-0.05, 0) is 18.2 Å². The van der Waals surface area contributed by atoms with Crippen LogP contribution < -0.4 is 16.8 Å². The van der Waals surface area contributed by atoms with E-state index in [1.807, 2.05) is 0 Å². The molecule has 1 rings (SSSR count). The first kappa shape index (κ1) is 10.3. The van der Waals surface area contributed by atoms with Crippen LogP contribution in [0.5, 0.6) is 0 Å². The van der Waals surface area contributed by atoms with Crippen LogP contribution in [0.25, 0.3) is 0 Å². The molecule has 0 saturated carbocycles. The van der Waals surface area contributed by atoms with Crippen LogP contribution in [0.1, 0.15) is 6.42 Å². The lowest BCUT2D eigenvalue weighted by Crippen LogP contribution is -2.15. The third-order valence-corrected chi connectivity index (χ3v) is 1.62. The summed E-state index contributed by atoms with van der Waals surface area (Å²) in [5.74, 6) is -0.812. The summed E-state index contributed by atoms with van der Waals surface area (Å²) in [5.41, 5.74) is 11.2. The summed E-state index contributed by atoms with van der Waals surface area (Å²) < 4.78 is 12.8. The van der Waals surface area contributed by atoms with E-state index in [4.69, 9.17) is 11.5 Å². The highest BCUT2D eigenvalue weighted by Crippen LogP contribution is 2.14. The van der Waals surface area contributed by atoms with Crippen molar-refractivity contribution >= 4 is 17.3 Å². The quantitative estimate of drug-likeness (QED) is 0.621. The molecule has 0 fully saturated rings. The van der Waals surface area contributed by atoms with Gasteiger partial charge in [-0.2, -0.15) is 0 Å². The van der Waals surface area contributed by atoms with E-state index in [2.05, 4.69) is 5.32 Å². The standard InChI is InChI=1S/C9H12FN3O/c10-6-3-7(11)5-8(4-6)13-2-1-9(12)14/h3-5,13H,1-2,11H2,(H2,12,14). The largest absolute Gasteiger partial charge is 0.399 e. The predicted octanol–water partition coefficient (Wildman–Crippen LogP) is 0.695. The van der Waals surface area contributed by atoms with E-state index in [0.29, 0.717) is 17.9 Å². The Balaban J connectivity index is 2.54. The van der Waals surface area contributed by atoms with E-state index in [1.165, 1.54) is 12.1 Å². The Kier molecular flexibility index (Phi) is 3.28. The summed E-state index contributed by atoms with van der Waals surface area (Å²) in [6, 6.07) is 4.11.